The van der Waals surface area contributed by atoms with Crippen molar-refractivity contribution in [2.24, 2.45) is 0 Å². The Bertz CT molecular complexity index is 965. The van der Waals surface area contributed by atoms with E-state index in [1.807, 2.05) is 4.68 Å². The molecule has 1 saturated heterocycles. The van der Waals surface area contributed by atoms with E-state index in [-0.39, 0.29) is 18.6 Å². The fraction of sp³-hybridized carbons (Fsp3) is 0.409. The molecule has 7 heteroatoms. The molecule has 1 aliphatic heterocycles. The maximum atomic E-state index is 12.1. The van der Waals surface area contributed by atoms with Crippen LogP contribution in [0.4, 0.5) is 0 Å². The highest BCUT2D eigenvalue weighted by atomic mass is 16.3. The van der Waals surface area contributed by atoms with Gasteiger partial charge in [-0.05, 0) is 42.1 Å². The number of benzene rings is 2. The number of carbonyl (C=O) groups is 1. The molecular formula is C22H27N5O2. The fourth-order valence-corrected chi connectivity index (χ4v) is 3.99. The van der Waals surface area contributed by atoms with E-state index in [1.54, 1.807) is 6.20 Å². The van der Waals surface area contributed by atoms with Gasteiger partial charge in [-0.15, -0.1) is 5.10 Å². The number of amides is 1. The van der Waals surface area contributed by atoms with Gasteiger partial charge in [0.1, 0.15) is 0 Å². The highest BCUT2D eigenvalue weighted by molar-refractivity contribution is 5.91. The van der Waals surface area contributed by atoms with E-state index in [1.165, 1.54) is 16.3 Å². The average Bonchev–Trinajstić information content (AvgIpc) is 3.25. The highest BCUT2D eigenvalue weighted by Crippen LogP contribution is 2.25. The van der Waals surface area contributed by atoms with Crippen LogP contribution in [0, 0.1) is 0 Å². The monoisotopic (exact) mass is 393 g/mol. The highest BCUT2D eigenvalue weighted by Gasteiger charge is 2.23. The first-order chi connectivity index (χ1) is 14.2. The minimum atomic E-state index is -0.242. The maximum absolute atomic E-state index is 12.1. The lowest BCUT2D eigenvalue weighted by Crippen LogP contribution is -2.36. The largest absolute Gasteiger partial charge is 0.396 e. The summed E-state index contributed by atoms with van der Waals surface area (Å²) in [6.45, 7) is 3.34. The lowest BCUT2D eigenvalue weighted by Gasteiger charge is -2.32. The van der Waals surface area contributed by atoms with Crippen LogP contribution >= 0.6 is 0 Å². The van der Waals surface area contributed by atoms with Crippen molar-refractivity contribution in [2.75, 3.05) is 26.2 Å². The van der Waals surface area contributed by atoms with Gasteiger partial charge in [0.2, 0.25) is 0 Å². The van der Waals surface area contributed by atoms with Gasteiger partial charge in [0.05, 0.1) is 12.2 Å². The van der Waals surface area contributed by atoms with Crippen molar-refractivity contribution in [1.29, 1.82) is 0 Å². The first-order valence-electron chi connectivity index (χ1n) is 10.2. The van der Waals surface area contributed by atoms with Crippen LogP contribution in [0.2, 0.25) is 0 Å². The number of nitrogens with zero attached hydrogens (tertiary/aromatic N) is 4. The molecule has 0 spiro atoms. The molecule has 0 aliphatic carbocycles. The fourth-order valence-electron chi connectivity index (χ4n) is 3.99. The topological polar surface area (TPSA) is 83.3 Å². The van der Waals surface area contributed by atoms with Gasteiger partial charge in [-0.3, -0.25) is 9.69 Å². The summed E-state index contributed by atoms with van der Waals surface area (Å²) in [5.41, 5.74) is 1.67. The van der Waals surface area contributed by atoms with Crippen LogP contribution in [0.15, 0.2) is 48.7 Å². The van der Waals surface area contributed by atoms with E-state index in [0.29, 0.717) is 18.7 Å². The number of aliphatic hydroxyl groups excluding tert-OH is 1. The molecule has 1 aromatic heterocycles. The predicted octanol–water partition coefficient (Wildman–Crippen LogP) is 2.38. The summed E-state index contributed by atoms with van der Waals surface area (Å²) in [5.74, 6) is -0.242. The normalized spacial score (nSPS) is 17.5. The van der Waals surface area contributed by atoms with Crippen LogP contribution in [0.1, 0.15) is 41.4 Å². The molecule has 29 heavy (non-hydrogen) atoms. The van der Waals surface area contributed by atoms with E-state index in [4.69, 9.17) is 5.11 Å². The second kappa shape index (κ2) is 9.15. The molecule has 1 amide bonds. The summed E-state index contributed by atoms with van der Waals surface area (Å²) in [7, 11) is 0. The minimum Gasteiger partial charge on any atom is -0.396 e. The summed E-state index contributed by atoms with van der Waals surface area (Å²) in [4.78, 5) is 14.6. The van der Waals surface area contributed by atoms with E-state index >= 15 is 0 Å². The number of piperidine rings is 1. The van der Waals surface area contributed by atoms with Crippen molar-refractivity contribution in [3.05, 3.63) is 59.9 Å². The molecular weight excluding hydrogens is 366 g/mol. The van der Waals surface area contributed by atoms with Crippen molar-refractivity contribution in [3.8, 4) is 0 Å². The van der Waals surface area contributed by atoms with E-state index in [9.17, 15) is 4.79 Å². The Morgan fingerprint density at radius 1 is 1.21 bits per heavy atom. The lowest BCUT2D eigenvalue weighted by atomic mass is 10.0. The Morgan fingerprint density at radius 2 is 2.07 bits per heavy atom. The first-order valence-corrected chi connectivity index (χ1v) is 10.2. The quantitative estimate of drug-likeness (QED) is 0.602. The number of hydrogen-bond acceptors (Lipinski definition) is 5. The number of rotatable bonds is 7. The van der Waals surface area contributed by atoms with Crippen molar-refractivity contribution < 1.29 is 9.90 Å². The van der Waals surface area contributed by atoms with Gasteiger partial charge in [-0.1, -0.05) is 47.7 Å². The second-order valence-electron chi connectivity index (χ2n) is 7.59. The molecule has 1 aliphatic rings. The van der Waals surface area contributed by atoms with Gasteiger partial charge < -0.3 is 10.4 Å². The van der Waals surface area contributed by atoms with Crippen LogP contribution in [0.3, 0.4) is 0 Å². The van der Waals surface area contributed by atoms with Crippen molar-refractivity contribution in [2.45, 2.75) is 31.8 Å². The Kier molecular flexibility index (Phi) is 6.17. The molecule has 152 valence electrons. The van der Waals surface area contributed by atoms with Crippen LogP contribution < -0.4 is 5.32 Å². The molecule has 7 nitrogen and oxygen atoms in total. The van der Waals surface area contributed by atoms with Gasteiger partial charge in [-0.2, -0.15) is 0 Å². The number of carbonyl (C=O) groups excluding carboxylic acids is 1. The number of aliphatic hydroxyl groups is 1. The molecule has 4 rings (SSSR count). The summed E-state index contributed by atoms with van der Waals surface area (Å²) >= 11 is 0. The molecule has 2 aromatic carbocycles. The molecule has 2 heterocycles. The third kappa shape index (κ3) is 4.63. The van der Waals surface area contributed by atoms with Crippen molar-refractivity contribution in [1.82, 2.24) is 25.2 Å². The molecule has 1 fully saturated rings. The van der Waals surface area contributed by atoms with Gasteiger partial charge in [-0.25, -0.2) is 4.68 Å². The molecule has 3 aromatic rings. The van der Waals surface area contributed by atoms with Gasteiger partial charge in [0, 0.05) is 26.2 Å². The zero-order chi connectivity index (χ0) is 20.1. The Labute approximate surface area is 170 Å². The Morgan fingerprint density at radius 3 is 2.97 bits per heavy atom. The van der Waals surface area contributed by atoms with Crippen LogP contribution in [0.25, 0.3) is 10.8 Å². The maximum Gasteiger partial charge on any atom is 0.273 e. The van der Waals surface area contributed by atoms with E-state index in [0.717, 1.165) is 32.5 Å². The van der Waals surface area contributed by atoms with Crippen molar-refractivity contribution >= 4 is 16.7 Å². The summed E-state index contributed by atoms with van der Waals surface area (Å²) < 4.78 is 1.83. The third-order valence-corrected chi connectivity index (χ3v) is 5.49. The number of nitrogens with one attached hydrogen (secondary N) is 1. The summed E-state index contributed by atoms with van der Waals surface area (Å²) in [6, 6.07) is 15.2. The zero-order valence-electron chi connectivity index (χ0n) is 16.5. The van der Waals surface area contributed by atoms with E-state index in [2.05, 4.69) is 63.0 Å². The molecule has 0 saturated carbocycles. The SMILES string of the molecule is O=C(NCCCO)c1cn(C2CCCN(Cc3cccc4ccccc34)C2)nn1. The third-order valence-electron chi connectivity index (χ3n) is 5.49. The number of fused-ring (bicyclic) bond motifs is 1. The standard InChI is InChI=1S/C22H27N5O2/c28-13-5-11-23-22(29)21-16-27(25-24-21)19-9-4-12-26(15-19)14-18-8-3-7-17-6-1-2-10-20(17)18/h1-3,6-8,10,16,19,28H,4-5,9,11-15H2,(H,23,29). The van der Waals surface area contributed by atoms with E-state index < -0.39 is 0 Å². The van der Waals surface area contributed by atoms with Gasteiger partial charge >= 0.3 is 0 Å². The molecule has 0 bridgehead atoms. The number of hydrogen-bond donors (Lipinski definition) is 2. The Balaban J connectivity index is 1.41. The molecule has 1 atom stereocenters. The van der Waals surface area contributed by atoms with Crippen molar-refractivity contribution in [3.63, 3.8) is 0 Å². The van der Waals surface area contributed by atoms with Crippen LogP contribution in [-0.4, -0.2) is 57.1 Å². The Hall–Kier alpha value is -2.77. The lowest BCUT2D eigenvalue weighted by molar-refractivity contribution is 0.0946. The molecule has 1 unspecified atom stereocenters. The van der Waals surface area contributed by atoms with Gasteiger partial charge in [0.15, 0.2) is 5.69 Å². The minimum absolute atomic E-state index is 0.0571. The van der Waals surface area contributed by atoms with Crippen LogP contribution in [0.5, 0.6) is 0 Å². The zero-order valence-corrected chi connectivity index (χ0v) is 16.5. The summed E-state index contributed by atoms with van der Waals surface area (Å²) in [5, 5.41) is 22.4. The second-order valence-corrected chi connectivity index (χ2v) is 7.59. The summed E-state index contributed by atoms with van der Waals surface area (Å²) in [6.07, 6.45) is 4.39. The van der Waals surface area contributed by atoms with Gasteiger partial charge in [0.25, 0.3) is 5.91 Å². The number of likely N-dealkylation sites (tertiary alicyclic amines) is 1. The smallest absolute Gasteiger partial charge is 0.273 e. The average molecular weight is 393 g/mol. The first kappa shape index (κ1) is 19.5. The predicted molar refractivity (Wildman–Crippen MR) is 112 cm³/mol. The number of aromatic nitrogens is 3. The molecule has 0 radical (unpaired) electrons. The molecule has 2 N–H and O–H groups in total. The van der Waals surface area contributed by atoms with Crippen LogP contribution in [-0.2, 0) is 6.54 Å².